The van der Waals surface area contributed by atoms with Crippen molar-refractivity contribution in [3.63, 3.8) is 0 Å². The van der Waals surface area contributed by atoms with Gasteiger partial charge in [-0.05, 0) is 63.1 Å². The van der Waals surface area contributed by atoms with Gasteiger partial charge < -0.3 is 4.90 Å². The predicted octanol–water partition coefficient (Wildman–Crippen LogP) is 3.32. The molecule has 0 saturated heterocycles. The Morgan fingerprint density at radius 3 is 2.62 bits per heavy atom. The zero-order valence-corrected chi connectivity index (χ0v) is 16.9. The summed E-state index contributed by atoms with van der Waals surface area (Å²) in [6.07, 6.45) is 7.88. The number of rotatable bonds is 8. The SMILES string of the molecule is CC(=O)N(CCNS(=O)(=O)c1cc(C)ccc1C)CCC1=CCCCC1. The van der Waals surface area contributed by atoms with E-state index in [0.29, 0.717) is 18.0 Å². The highest BCUT2D eigenvalue weighted by Crippen LogP contribution is 2.20. The minimum atomic E-state index is -3.57. The highest BCUT2D eigenvalue weighted by molar-refractivity contribution is 7.89. The van der Waals surface area contributed by atoms with Crippen LogP contribution in [0.2, 0.25) is 0 Å². The van der Waals surface area contributed by atoms with Gasteiger partial charge in [-0.15, -0.1) is 0 Å². The van der Waals surface area contributed by atoms with Crippen LogP contribution < -0.4 is 4.72 Å². The summed E-state index contributed by atoms with van der Waals surface area (Å²) in [6.45, 7) is 6.44. The van der Waals surface area contributed by atoms with E-state index in [1.54, 1.807) is 17.9 Å². The number of amides is 1. The third-order valence-corrected chi connectivity index (χ3v) is 6.44. The summed E-state index contributed by atoms with van der Waals surface area (Å²) in [5, 5.41) is 0. The fourth-order valence-electron chi connectivity index (χ4n) is 3.23. The first-order valence-corrected chi connectivity index (χ1v) is 10.8. The normalized spacial score (nSPS) is 14.8. The van der Waals surface area contributed by atoms with E-state index in [-0.39, 0.29) is 12.5 Å². The summed E-state index contributed by atoms with van der Waals surface area (Å²) >= 11 is 0. The second-order valence-electron chi connectivity index (χ2n) is 7.03. The Balaban J connectivity index is 1.91. The van der Waals surface area contributed by atoms with Crippen LogP contribution in [0.15, 0.2) is 34.7 Å². The third-order valence-electron chi connectivity index (χ3n) is 4.84. The van der Waals surface area contributed by atoms with Crippen LogP contribution >= 0.6 is 0 Å². The summed E-state index contributed by atoms with van der Waals surface area (Å²) in [7, 11) is -3.57. The highest BCUT2D eigenvalue weighted by atomic mass is 32.2. The van der Waals surface area contributed by atoms with Crippen molar-refractivity contribution in [2.45, 2.75) is 57.8 Å². The van der Waals surface area contributed by atoms with E-state index >= 15 is 0 Å². The molecule has 0 fully saturated rings. The van der Waals surface area contributed by atoms with Crippen molar-refractivity contribution in [2.24, 2.45) is 0 Å². The van der Waals surface area contributed by atoms with Crippen LogP contribution in [0.1, 0.15) is 50.2 Å². The Bertz CT molecular complexity index is 769. The van der Waals surface area contributed by atoms with Crippen molar-refractivity contribution in [3.8, 4) is 0 Å². The monoisotopic (exact) mass is 378 g/mol. The van der Waals surface area contributed by atoms with Gasteiger partial charge >= 0.3 is 0 Å². The number of allylic oxidation sites excluding steroid dienone is 1. The van der Waals surface area contributed by atoms with E-state index < -0.39 is 10.0 Å². The number of hydrogen-bond acceptors (Lipinski definition) is 3. The molecule has 0 bridgehead atoms. The van der Waals surface area contributed by atoms with Crippen molar-refractivity contribution >= 4 is 15.9 Å². The summed E-state index contributed by atoms with van der Waals surface area (Å²) in [5.74, 6) is -0.0210. The molecule has 0 heterocycles. The number of nitrogens with zero attached hydrogens (tertiary/aromatic N) is 1. The fraction of sp³-hybridized carbons (Fsp3) is 0.550. The lowest BCUT2D eigenvalue weighted by atomic mass is 9.97. The average Bonchev–Trinajstić information content (AvgIpc) is 2.60. The molecule has 1 aromatic rings. The molecule has 1 aromatic carbocycles. The van der Waals surface area contributed by atoms with Crippen LogP contribution in [0.3, 0.4) is 0 Å². The smallest absolute Gasteiger partial charge is 0.240 e. The molecule has 1 aliphatic rings. The first-order valence-electron chi connectivity index (χ1n) is 9.30. The predicted molar refractivity (Wildman–Crippen MR) is 105 cm³/mol. The van der Waals surface area contributed by atoms with Crippen LogP contribution in [0.4, 0.5) is 0 Å². The van der Waals surface area contributed by atoms with E-state index in [0.717, 1.165) is 30.4 Å². The quantitative estimate of drug-likeness (QED) is 0.706. The molecule has 2 rings (SSSR count). The standard InChI is InChI=1S/C20H30N2O3S/c1-16-9-10-17(2)20(15-16)26(24,25)21-12-14-22(18(3)23)13-11-19-7-5-4-6-8-19/h7,9-10,15,21H,4-6,8,11-14H2,1-3H3. The van der Waals surface area contributed by atoms with Crippen molar-refractivity contribution in [2.75, 3.05) is 19.6 Å². The van der Waals surface area contributed by atoms with Gasteiger partial charge in [0.05, 0.1) is 4.90 Å². The molecule has 5 nitrogen and oxygen atoms in total. The van der Waals surface area contributed by atoms with Gasteiger partial charge in [0.1, 0.15) is 0 Å². The third kappa shape index (κ3) is 5.95. The molecular weight excluding hydrogens is 348 g/mol. The van der Waals surface area contributed by atoms with Gasteiger partial charge in [-0.2, -0.15) is 0 Å². The van der Waals surface area contributed by atoms with Crippen molar-refractivity contribution in [1.29, 1.82) is 0 Å². The van der Waals surface area contributed by atoms with Crippen molar-refractivity contribution < 1.29 is 13.2 Å². The molecule has 0 saturated carbocycles. The molecule has 1 N–H and O–H groups in total. The highest BCUT2D eigenvalue weighted by Gasteiger charge is 2.18. The molecule has 6 heteroatoms. The van der Waals surface area contributed by atoms with Gasteiger partial charge in [-0.1, -0.05) is 23.8 Å². The Kier molecular flexibility index (Phi) is 7.41. The van der Waals surface area contributed by atoms with Crippen LogP contribution in [0.25, 0.3) is 0 Å². The summed E-state index contributed by atoms with van der Waals surface area (Å²) in [5.41, 5.74) is 3.04. The summed E-state index contributed by atoms with van der Waals surface area (Å²) < 4.78 is 27.7. The number of carbonyl (C=O) groups excluding carboxylic acids is 1. The second kappa shape index (κ2) is 9.33. The topological polar surface area (TPSA) is 66.5 Å². The van der Waals surface area contributed by atoms with Crippen LogP contribution in [-0.4, -0.2) is 38.9 Å². The number of sulfonamides is 1. The largest absolute Gasteiger partial charge is 0.341 e. The molecule has 0 spiro atoms. The van der Waals surface area contributed by atoms with Crippen LogP contribution in [-0.2, 0) is 14.8 Å². The van der Waals surface area contributed by atoms with Gasteiger partial charge in [-0.3, -0.25) is 4.79 Å². The maximum absolute atomic E-state index is 12.5. The van der Waals surface area contributed by atoms with Gasteiger partial charge in [0, 0.05) is 26.6 Å². The second-order valence-corrected chi connectivity index (χ2v) is 8.77. The number of hydrogen-bond donors (Lipinski definition) is 1. The molecule has 144 valence electrons. The number of nitrogens with one attached hydrogen (secondary N) is 1. The lowest BCUT2D eigenvalue weighted by Crippen LogP contribution is -2.38. The summed E-state index contributed by atoms with van der Waals surface area (Å²) in [4.78, 5) is 13.9. The fourth-order valence-corrected chi connectivity index (χ4v) is 4.57. The Hall–Kier alpha value is -1.66. The van der Waals surface area contributed by atoms with Crippen LogP contribution in [0, 0.1) is 13.8 Å². The molecule has 1 aliphatic carbocycles. The van der Waals surface area contributed by atoms with E-state index in [2.05, 4.69) is 10.8 Å². The Morgan fingerprint density at radius 2 is 1.96 bits per heavy atom. The van der Waals surface area contributed by atoms with E-state index in [1.165, 1.54) is 25.3 Å². The van der Waals surface area contributed by atoms with E-state index in [9.17, 15) is 13.2 Å². The molecule has 0 radical (unpaired) electrons. The average molecular weight is 379 g/mol. The number of benzene rings is 1. The lowest BCUT2D eigenvalue weighted by Gasteiger charge is -2.23. The Labute approximate surface area is 157 Å². The molecule has 1 amide bonds. The van der Waals surface area contributed by atoms with Gasteiger partial charge in [0.15, 0.2) is 0 Å². The van der Waals surface area contributed by atoms with Gasteiger partial charge in [0.25, 0.3) is 0 Å². The zero-order chi connectivity index (χ0) is 19.2. The van der Waals surface area contributed by atoms with Crippen molar-refractivity contribution in [3.05, 3.63) is 41.0 Å². The van der Waals surface area contributed by atoms with Gasteiger partial charge in [0.2, 0.25) is 15.9 Å². The molecule has 0 aliphatic heterocycles. The first-order chi connectivity index (χ1) is 12.3. The maximum atomic E-state index is 12.5. The number of aryl methyl sites for hydroxylation is 2. The van der Waals surface area contributed by atoms with Gasteiger partial charge in [-0.25, -0.2) is 13.1 Å². The minimum Gasteiger partial charge on any atom is -0.341 e. The van der Waals surface area contributed by atoms with E-state index in [1.807, 2.05) is 19.1 Å². The van der Waals surface area contributed by atoms with Crippen LogP contribution in [0.5, 0.6) is 0 Å². The summed E-state index contributed by atoms with van der Waals surface area (Å²) in [6, 6.07) is 5.38. The molecule has 0 atom stereocenters. The maximum Gasteiger partial charge on any atom is 0.240 e. The minimum absolute atomic E-state index is 0.0210. The molecule has 0 aromatic heterocycles. The number of carbonyl (C=O) groups is 1. The zero-order valence-electron chi connectivity index (χ0n) is 16.0. The first kappa shape index (κ1) is 20.6. The van der Waals surface area contributed by atoms with E-state index in [4.69, 9.17) is 0 Å². The molecule has 0 unspecified atom stereocenters. The lowest BCUT2D eigenvalue weighted by molar-refractivity contribution is -0.128. The Morgan fingerprint density at radius 1 is 1.19 bits per heavy atom. The van der Waals surface area contributed by atoms with Crippen molar-refractivity contribution in [1.82, 2.24) is 9.62 Å². The molecular formula is C20H30N2O3S. The molecule has 26 heavy (non-hydrogen) atoms.